The average Bonchev–Trinajstić information content (AvgIpc) is 2.74. The van der Waals surface area contributed by atoms with Crippen LogP contribution in [0.3, 0.4) is 0 Å². The molecular weight excluding hydrogens is 484 g/mol. The zero-order valence-corrected chi connectivity index (χ0v) is 18.6. The molecule has 0 unspecified atom stereocenters. The zero-order valence-electron chi connectivity index (χ0n) is 17.1. The van der Waals surface area contributed by atoms with E-state index in [9.17, 15) is 23.3 Å². The molecule has 174 valence electrons. The highest BCUT2D eigenvalue weighted by molar-refractivity contribution is 6.36. The summed E-state index contributed by atoms with van der Waals surface area (Å²) in [5.74, 6) is 0.0500. The third-order valence-electron chi connectivity index (χ3n) is 4.42. The summed E-state index contributed by atoms with van der Waals surface area (Å²) < 4.78 is 50.0. The van der Waals surface area contributed by atoms with Gasteiger partial charge < -0.3 is 14.8 Å². The van der Waals surface area contributed by atoms with Crippen LogP contribution in [-0.4, -0.2) is 11.5 Å². The predicted octanol–water partition coefficient (Wildman–Crippen LogP) is 7.72. The lowest BCUT2D eigenvalue weighted by molar-refractivity contribution is -0.385. The second-order valence-electron chi connectivity index (χ2n) is 6.73. The number of hydrogen-bond donors (Lipinski definition) is 1. The van der Waals surface area contributed by atoms with Gasteiger partial charge in [0.15, 0.2) is 11.5 Å². The van der Waals surface area contributed by atoms with Gasteiger partial charge in [0.25, 0.3) is 0 Å². The van der Waals surface area contributed by atoms with Gasteiger partial charge in [-0.3, -0.25) is 10.1 Å². The van der Waals surface area contributed by atoms with E-state index < -0.39 is 22.4 Å². The Labute approximate surface area is 197 Å². The summed E-state index contributed by atoms with van der Waals surface area (Å²) in [6, 6.07) is 12.0. The minimum absolute atomic E-state index is 0.119. The van der Waals surface area contributed by atoms with Crippen LogP contribution in [0.1, 0.15) is 18.1 Å². The number of anilines is 1. The maximum atomic E-state index is 12.9. The number of rotatable bonds is 8. The van der Waals surface area contributed by atoms with Crippen molar-refractivity contribution in [1.82, 2.24) is 0 Å². The molecule has 0 atom stereocenters. The summed E-state index contributed by atoms with van der Waals surface area (Å²) in [5, 5.41) is 15.4. The van der Waals surface area contributed by atoms with Crippen LogP contribution in [0.4, 0.5) is 24.5 Å². The number of halogens is 5. The topological polar surface area (TPSA) is 73.6 Å². The fourth-order valence-corrected chi connectivity index (χ4v) is 3.36. The molecule has 33 heavy (non-hydrogen) atoms. The van der Waals surface area contributed by atoms with Crippen molar-refractivity contribution in [3.63, 3.8) is 0 Å². The van der Waals surface area contributed by atoms with Crippen LogP contribution in [0.25, 0.3) is 0 Å². The van der Waals surface area contributed by atoms with Gasteiger partial charge in [-0.2, -0.15) is 13.2 Å². The second kappa shape index (κ2) is 10.2. The molecule has 0 spiro atoms. The second-order valence-corrected chi connectivity index (χ2v) is 7.57. The van der Waals surface area contributed by atoms with Crippen LogP contribution < -0.4 is 14.8 Å². The first-order valence-electron chi connectivity index (χ1n) is 9.56. The molecule has 3 aromatic carbocycles. The Bertz CT molecular complexity index is 1170. The Kier molecular flexibility index (Phi) is 7.55. The van der Waals surface area contributed by atoms with Crippen molar-refractivity contribution in [1.29, 1.82) is 0 Å². The van der Waals surface area contributed by atoms with E-state index in [0.717, 1.165) is 17.7 Å². The van der Waals surface area contributed by atoms with E-state index in [0.29, 0.717) is 28.3 Å². The lowest BCUT2D eigenvalue weighted by Crippen LogP contribution is -2.06. The molecule has 0 aliphatic heterocycles. The highest BCUT2D eigenvalue weighted by Crippen LogP contribution is 2.40. The molecule has 0 bridgehead atoms. The van der Waals surface area contributed by atoms with Crippen molar-refractivity contribution in [2.45, 2.75) is 19.6 Å². The van der Waals surface area contributed by atoms with E-state index in [2.05, 4.69) is 5.32 Å². The van der Waals surface area contributed by atoms with Crippen LogP contribution in [-0.2, 0) is 12.7 Å². The molecule has 0 fully saturated rings. The highest BCUT2D eigenvalue weighted by atomic mass is 35.5. The minimum atomic E-state index is -4.72. The third-order valence-corrected chi connectivity index (χ3v) is 4.97. The van der Waals surface area contributed by atoms with Crippen molar-refractivity contribution >= 4 is 34.6 Å². The van der Waals surface area contributed by atoms with Crippen LogP contribution >= 0.6 is 23.2 Å². The van der Waals surface area contributed by atoms with Crippen molar-refractivity contribution in [2.75, 3.05) is 11.9 Å². The van der Waals surface area contributed by atoms with E-state index in [4.69, 9.17) is 32.7 Å². The van der Waals surface area contributed by atoms with Gasteiger partial charge in [0.2, 0.25) is 5.75 Å². The molecular formula is C22H17Cl2F3N2O4. The zero-order chi connectivity index (χ0) is 24.2. The smallest absolute Gasteiger partial charge is 0.416 e. The van der Waals surface area contributed by atoms with Gasteiger partial charge >= 0.3 is 11.9 Å². The lowest BCUT2D eigenvalue weighted by atomic mass is 10.1. The highest BCUT2D eigenvalue weighted by Gasteiger charge is 2.33. The molecule has 0 heterocycles. The summed E-state index contributed by atoms with van der Waals surface area (Å²) in [6.45, 7) is 2.37. The molecule has 0 aliphatic rings. The lowest BCUT2D eigenvalue weighted by Gasteiger charge is -2.15. The van der Waals surface area contributed by atoms with E-state index in [1.165, 1.54) is 6.07 Å². The number of alkyl halides is 3. The molecule has 3 aromatic rings. The normalized spacial score (nSPS) is 11.2. The molecule has 0 saturated heterocycles. The van der Waals surface area contributed by atoms with Crippen LogP contribution in [0.5, 0.6) is 17.2 Å². The van der Waals surface area contributed by atoms with Gasteiger partial charge in [0, 0.05) is 17.6 Å². The summed E-state index contributed by atoms with van der Waals surface area (Å²) in [6.07, 6.45) is -4.72. The first-order valence-corrected chi connectivity index (χ1v) is 10.3. The first kappa shape index (κ1) is 24.5. The molecule has 0 aliphatic carbocycles. The molecule has 0 saturated carbocycles. The Morgan fingerprint density at radius 3 is 2.36 bits per heavy atom. The van der Waals surface area contributed by atoms with E-state index in [-0.39, 0.29) is 23.9 Å². The SMILES string of the molecule is CCOc1cc(CNc2ccc(Cl)cc2Cl)ccc1Oc1ccc(C(F)(F)F)cc1[N+](=O)[O-]. The number of nitro groups is 1. The standard InChI is InChI=1S/C22H17Cl2F3N2O4/c1-2-32-21-9-13(12-28-17-6-5-15(23)11-16(17)24)3-7-20(21)33-19-8-4-14(22(25,26)27)10-18(19)29(30)31/h3-11,28H,2,12H2,1H3. The Hall–Kier alpha value is -3.17. The summed E-state index contributed by atoms with van der Waals surface area (Å²) in [7, 11) is 0. The molecule has 0 aromatic heterocycles. The van der Waals surface area contributed by atoms with E-state index in [1.54, 1.807) is 37.3 Å². The third kappa shape index (κ3) is 6.21. The molecule has 6 nitrogen and oxygen atoms in total. The Morgan fingerprint density at radius 1 is 1.00 bits per heavy atom. The maximum Gasteiger partial charge on any atom is 0.416 e. The predicted molar refractivity (Wildman–Crippen MR) is 120 cm³/mol. The average molecular weight is 501 g/mol. The monoisotopic (exact) mass is 500 g/mol. The fraction of sp³-hybridized carbons (Fsp3) is 0.182. The van der Waals surface area contributed by atoms with Crippen molar-refractivity contribution < 1.29 is 27.6 Å². The summed E-state index contributed by atoms with van der Waals surface area (Å²) >= 11 is 12.0. The largest absolute Gasteiger partial charge is 0.490 e. The minimum Gasteiger partial charge on any atom is -0.490 e. The Morgan fingerprint density at radius 2 is 1.73 bits per heavy atom. The molecule has 3 rings (SSSR count). The number of nitrogens with zero attached hydrogens (tertiary/aromatic N) is 1. The number of nitrogens with one attached hydrogen (secondary N) is 1. The van der Waals surface area contributed by atoms with Crippen molar-refractivity contribution in [2.24, 2.45) is 0 Å². The van der Waals surface area contributed by atoms with Gasteiger partial charge in [-0.05, 0) is 55.0 Å². The molecule has 0 radical (unpaired) electrons. The molecule has 11 heteroatoms. The van der Waals surface area contributed by atoms with Gasteiger partial charge in [-0.25, -0.2) is 0 Å². The van der Waals surface area contributed by atoms with Gasteiger partial charge in [0.05, 0.1) is 27.8 Å². The van der Waals surface area contributed by atoms with Gasteiger partial charge in [0.1, 0.15) is 0 Å². The van der Waals surface area contributed by atoms with Crippen molar-refractivity contribution in [3.05, 3.63) is 85.9 Å². The Balaban J connectivity index is 1.86. The summed E-state index contributed by atoms with van der Waals surface area (Å²) in [4.78, 5) is 10.4. The van der Waals surface area contributed by atoms with Gasteiger partial charge in [-0.1, -0.05) is 29.3 Å². The number of hydrogen-bond acceptors (Lipinski definition) is 5. The maximum absolute atomic E-state index is 12.9. The molecule has 0 amide bonds. The number of benzene rings is 3. The molecule has 1 N–H and O–H groups in total. The van der Waals surface area contributed by atoms with Crippen molar-refractivity contribution in [3.8, 4) is 17.2 Å². The quantitative estimate of drug-likeness (QED) is 0.253. The van der Waals surface area contributed by atoms with Crippen LogP contribution in [0, 0.1) is 10.1 Å². The van der Waals surface area contributed by atoms with Crippen LogP contribution in [0.2, 0.25) is 10.0 Å². The number of ether oxygens (including phenoxy) is 2. The van der Waals surface area contributed by atoms with Crippen LogP contribution in [0.15, 0.2) is 54.6 Å². The first-order chi connectivity index (χ1) is 15.6. The van der Waals surface area contributed by atoms with E-state index in [1.807, 2.05) is 0 Å². The number of nitro benzene ring substituents is 1. The van der Waals surface area contributed by atoms with E-state index >= 15 is 0 Å². The van der Waals surface area contributed by atoms with Gasteiger partial charge in [-0.15, -0.1) is 0 Å². The fourth-order valence-electron chi connectivity index (χ4n) is 2.89. The summed E-state index contributed by atoms with van der Waals surface area (Å²) in [5.41, 5.74) is -0.511.